The monoisotopic (exact) mass is 411 g/mol. The van der Waals surface area contributed by atoms with Crippen molar-refractivity contribution >= 4 is 5.91 Å². The minimum atomic E-state index is 0.242. The number of fused-ring (bicyclic) bond motifs is 1. The standard InChI is InChI=1S/C25H37N3O2/c1-21(2)25-26-15-19-28(25)18-14-24(29)27-16-9-5-3-4-6-11-22-12-7-8-13-23(22)30-20-10-17-27/h7-8,12-13,15,19,21H,3-6,9-11,14,16-18,20H2,1-2H3. The molecule has 0 radical (unpaired) electrons. The van der Waals surface area contributed by atoms with Crippen LogP contribution in [0.5, 0.6) is 5.75 Å². The molecule has 0 N–H and O–H groups in total. The summed E-state index contributed by atoms with van der Waals surface area (Å²) in [6, 6.07) is 8.39. The van der Waals surface area contributed by atoms with E-state index in [1.54, 1.807) is 0 Å². The van der Waals surface area contributed by atoms with Crippen LogP contribution in [0.15, 0.2) is 36.7 Å². The number of aryl methyl sites for hydroxylation is 2. The van der Waals surface area contributed by atoms with Crippen LogP contribution in [0.25, 0.3) is 0 Å². The third-order valence-corrected chi connectivity index (χ3v) is 5.86. The maximum atomic E-state index is 13.0. The fourth-order valence-corrected chi connectivity index (χ4v) is 4.18. The third kappa shape index (κ3) is 6.61. The summed E-state index contributed by atoms with van der Waals surface area (Å²) in [4.78, 5) is 19.4. The molecule has 164 valence electrons. The first-order valence-electron chi connectivity index (χ1n) is 11.6. The fourth-order valence-electron chi connectivity index (χ4n) is 4.18. The number of amides is 1. The number of hydrogen-bond acceptors (Lipinski definition) is 3. The number of rotatable bonds is 4. The van der Waals surface area contributed by atoms with Crippen LogP contribution >= 0.6 is 0 Å². The summed E-state index contributed by atoms with van der Waals surface area (Å²) < 4.78 is 8.19. The van der Waals surface area contributed by atoms with Gasteiger partial charge in [0.1, 0.15) is 11.6 Å². The minimum Gasteiger partial charge on any atom is -0.493 e. The molecular weight excluding hydrogens is 374 g/mol. The predicted molar refractivity (Wildman–Crippen MR) is 121 cm³/mol. The summed E-state index contributed by atoms with van der Waals surface area (Å²) in [5.41, 5.74) is 1.31. The smallest absolute Gasteiger partial charge is 0.224 e. The van der Waals surface area contributed by atoms with Gasteiger partial charge in [0.2, 0.25) is 5.91 Å². The van der Waals surface area contributed by atoms with Gasteiger partial charge in [0, 0.05) is 44.4 Å². The van der Waals surface area contributed by atoms with Gasteiger partial charge in [-0.25, -0.2) is 4.98 Å². The summed E-state index contributed by atoms with van der Waals surface area (Å²) in [5, 5.41) is 0. The molecule has 0 bridgehead atoms. The Morgan fingerprint density at radius 3 is 2.70 bits per heavy atom. The number of benzene rings is 1. The van der Waals surface area contributed by atoms with E-state index < -0.39 is 0 Å². The molecule has 0 saturated carbocycles. The molecule has 0 aliphatic carbocycles. The number of carbonyl (C=O) groups is 1. The van der Waals surface area contributed by atoms with Crippen LogP contribution in [-0.2, 0) is 17.8 Å². The molecule has 1 amide bonds. The molecule has 5 heteroatoms. The van der Waals surface area contributed by atoms with Gasteiger partial charge >= 0.3 is 0 Å². The van der Waals surface area contributed by atoms with Gasteiger partial charge in [-0.15, -0.1) is 0 Å². The highest BCUT2D eigenvalue weighted by molar-refractivity contribution is 5.76. The van der Waals surface area contributed by atoms with E-state index in [0.717, 1.165) is 43.9 Å². The van der Waals surface area contributed by atoms with Crippen LogP contribution in [-0.4, -0.2) is 40.1 Å². The number of hydrogen-bond donors (Lipinski definition) is 0. The third-order valence-electron chi connectivity index (χ3n) is 5.86. The summed E-state index contributed by atoms with van der Waals surface area (Å²) in [6.07, 6.45) is 12.3. The highest BCUT2D eigenvalue weighted by Gasteiger charge is 2.15. The normalized spacial score (nSPS) is 16.6. The van der Waals surface area contributed by atoms with Crippen LogP contribution in [0.4, 0.5) is 0 Å². The van der Waals surface area contributed by atoms with Gasteiger partial charge in [-0.2, -0.15) is 0 Å². The Balaban J connectivity index is 1.56. The van der Waals surface area contributed by atoms with Crippen molar-refractivity contribution in [3.63, 3.8) is 0 Å². The first kappa shape index (κ1) is 22.4. The number of carbonyl (C=O) groups excluding carboxylic acids is 1. The van der Waals surface area contributed by atoms with E-state index in [9.17, 15) is 4.79 Å². The molecule has 0 spiro atoms. The van der Waals surface area contributed by atoms with Gasteiger partial charge in [-0.3, -0.25) is 4.79 Å². The van der Waals surface area contributed by atoms with Crippen LogP contribution in [0, 0.1) is 0 Å². The lowest BCUT2D eigenvalue weighted by atomic mass is 10.0. The van der Waals surface area contributed by atoms with Gasteiger partial charge < -0.3 is 14.2 Å². The Morgan fingerprint density at radius 1 is 1.07 bits per heavy atom. The zero-order chi connectivity index (χ0) is 21.2. The van der Waals surface area contributed by atoms with E-state index in [-0.39, 0.29) is 5.91 Å². The summed E-state index contributed by atoms with van der Waals surface area (Å²) in [5.74, 6) is 2.67. The summed E-state index contributed by atoms with van der Waals surface area (Å²) >= 11 is 0. The van der Waals surface area contributed by atoms with Crippen molar-refractivity contribution in [2.45, 2.75) is 77.7 Å². The first-order chi connectivity index (χ1) is 14.6. The van der Waals surface area contributed by atoms with E-state index in [2.05, 4.69) is 41.6 Å². The SMILES string of the molecule is CC(C)c1nccn1CCC(=O)N1CCCCCCCc2ccccc2OCCC1. The van der Waals surface area contributed by atoms with Crippen LogP contribution in [0.1, 0.15) is 76.1 Å². The van der Waals surface area contributed by atoms with Gasteiger partial charge in [-0.05, 0) is 37.3 Å². The Bertz CT molecular complexity index is 784. The highest BCUT2D eigenvalue weighted by atomic mass is 16.5. The molecule has 1 aromatic heterocycles. The van der Waals surface area contributed by atoms with E-state index in [0.29, 0.717) is 25.5 Å². The van der Waals surface area contributed by atoms with E-state index >= 15 is 0 Å². The average molecular weight is 412 g/mol. The van der Waals surface area contributed by atoms with Crippen molar-refractivity contribution in [3.05, 3.63) is 48.0 Å². The molecule has 0 atom stereocenters. The molecule has 1 aliphatic heterocycles. The summed E-state index contributed by atoms with van der Waals surface area (Å²) in [6.45, 7) is 7.25. The van der Waals surface area contributed by atoms with Crippen molar-refractivity contribution in [2.75, 3.05) is 19.7 Å². The van der Waals surface area contributed by atoms with Crippen molar-refractivity contribution in [1.29, 1.82) is 0 Å². The lowest BCUT2D eigenvalue weighted by Gasteiger charge is -2.24. The topological polar surface area (TPSA) is 47.4 Å². The Kier molecular flexibility index (Phi) is 8.79. The van der Waals surface area contributed by atoms with Crippen LogP contribution in [0.2, 0.25) is 0 Å². The van der Waals surface area contributed by atoms with Crippen molar-refractivity contribution in [2.24, 2.45) is 0 Å². The summed E-state index contributed by atoms with van der Waals surface area (Å²) in [7, 11) is 0. The van der Waals surface area contributed by atoms with Crippen LogP contribution in [0.3, 0.4) is 0 Å². The van der Waals surface area contributed by atoms with E-state index in [1.807, 2.05) is 23.4 Å². The maximum Gasteiger partial charge on any atom is 0.224 e. The average Bonchev–Trinajstić information content (AvgIpc) is 3.22. The molecule has 0 unspecified atom stereocenters. The van der Waals surface area contributed by atoms with Crippen molar-refractivity contribution < 1.29 is 9.53 Å². The molecular formula is C25H37N3O2. The number of ether oxygens (including phenoxy) is 1. The van der Waals surface area contributed by atoms with Gasteiger partial charge in [0.25, 0.3) is 0 Å². The second kappa shape index (κ2) is 11.8. The van der Waals surface area contributed by atoms with Crippen molar-refractivity contribution in [3.8, 4) is 5.75 Å². The van der Waals surface area contributed by atoms with E-state index in [4.69, 9.17) is 4.74 Å². The van der Waals surface area contributed by atoms with Gasteiger partial charge in [0.15, 0.2) is 0 Å². The molecule has 3 rings (SSSR count). The zero-order valence-electron chi connectivity index (χ0n) is 18.7. The number of para-hydroxylation sites is 1. The number of aromatic nitrogens is 2. The Morgan fingerprint density at radius 2 is 1.83 bits per heavy atom. The molecule has 1 aliphatic rings. The second-order valence-corrected chi connectivity index (χ2v) is 8.59. The minimum absolute atomic E-state index is 0.242. The lowest BCUT2D eigenvalue weighted by Crippen LogP contribution is -2.34. The van der Waals surface area contributed by atoms with Gasteiger partial charge in [-0.1, -0.05) is 51.3 Å². The zero-order valence-corrected chi connectivity index (χ0v) is 18.7. The molecule has 2 heterocycles. The van der Waals surface area contributed by atoms with E-state index in [1.165, 1.54) is 31.2 Å². The Labute approximate surface area is 181 Å². The van der Waals surface area contributed by atoms with Crippen molar-refractivity contribution in [1.82, 2.24) is 14.5 Å². The molecule has 1 aromatic carbocycles. The quantitative estimate of drug-likeness (QED) is 0.695. The predicted octanol–water partition coefficient (Wildman–Crippen LogP) is 5.20. The fraction of sp³-hybridized carbons (Fsp3) is 0.600. The Hall–Kier alpha value is -2.30. The number of nitrogens with zero attached hydrogens (tertiary/aromatic N) is 3. The molecule has 0 saturated heterocycles. The molecule has 30 heavy (non-hydrogen) atoms. The largest absolute Gasteiger partial charge is 0.493 e. The maximum absolute atomic E-state index is 13.0. The molecule has 2 aromatic rings. The van der Waals surface area contributed by atoms with Crippen LogP contribution < -0.4 is 4.74 Å². The lowest BCUT2D eigenvalue weighted by molar-refractivity contribution is -0.131. The second-order valence-electron chi connectivity index (χ2n) is 8.59. The van der Waals surface area contributed by atoms with Gasteiger partial charge in [0.05, 0.1) is 6.61 Å². The highest BCUT2D eigenvalue weighted by Crippen LogP contribution is 2.21. The first-order valence-corrected chi connectivity index (χ1v) is 11.6. The molecule has 0 fully saturated rings. The number of imidazole rings is 1. The molecule has 5 nitrogen and oxygen atoms in total.